The quantitative estimate of drug-likeness (QED) is 0.386. The smallest absolute Gasteiger partial charge is 0.331 e. The molecule has 0 aliphatic heterocycles. The van der Waals surface area contributed by atoms with E-state index in [1.165, 1.54) is 24.3 Å². The molecule has 0 radical (unpaired) electrons. The highest BCUT2D eigenvalue weighted by Crippen LogP contribution is 2.21. The number of benzene rings is 2. The molecule has 0 saturated heterocycles. The number of para-hydroxylation sites is 1. The van der Waals surface area contributed by atoms with Gasteiger partial charge in [0.25, 0.3) is 12.3 Å². The second-order valence-corrected chi connectivity index (χ2v) is 6.62. The van der Waals surface area contributed by atoms with Gasteiger partial charge >= 0.3 is 5.97 Å². The first-order valence-corrected chi connectivity index (χ1v) is 9.02. The number of hydrogen-bond donors (Lipinski definition) is 3. The Balaban J connectivity index is 2.12. The molecule has 0 heterocycles. The molecule has 6 nitrogen and oxygen atoms in total. The predicted molar refractivity (Wildman–Crippen MR) is 111 cm³/mol. The van der Waals surface area contributed by atoms with Crippen LogP contribution in [0.3, 0.4) is 0 Å². The Morgan fingerprint density at radius 2 is 1.71 bits per heavy atom. The SMILES string of the molecule is COC(=O)[C@@H](NC(=O)c1ccc(C#CC#Cc2ccccc2N)cc1)C(C)(O)C(F)F. The number of methoxy groups -OCH3 is 1. The Kier molecular flexibility index (Phi) is 7.73. The Hall–Kier alpha value is -3.88. The molecule has 8 heteroatoms. The van der Waals surface area contributed by atoms with Crippen molar-refractivity contribution in [3.8, 4) is 23.7 Å². The minimum Gasteiger partial charge on any atom is -0.467 e. The molecular formula is C23H20F2N2O4. The number of anilines is 1. The van der Waals surface area contributed by atoms with Crippen LogP contribution in [0.25, 0.3) is 0 Å². The van der Waals surface area contributed by atoms with Gasteiger partial charge in [0.15, 0.2) is 11.6 Å². The van der Waals surface area contributed by atoms with Crippen molar-refractivity contribution in [2.24, 2.45) is 0 Å². The fraction of sp³-hybridized carbons (Fsp3) is 0.217. The number of hydrogen-bond acceptors (Lipinski definition) is 5. The fourth-order valence-corrected chi connectivity index (χ4v) is 2.42. The van der Waals surface area contributed by atoms with Gasteiger partial charge in [0, 0.05) is 22.4 Å². The van der Waals surface area contributed by atoms with Crippen molar-refractivity contribution in [3.05, 3.63) is 65.2 Å². The number of aliphatic hydroxyl groups is 1. The number of halogens is 2. The molecule has 0 saturated carbocycles. The van der Waals surface area contributed by atoms with E-state index < -0.39 is 29.9 Å². The molecule has 4 N–H and O–H groups in total. The summed E-state index contributed by atoms with van der Waals surface area (Å²) >= 11 is 0. The molecule has 2 aromatic rings. The van der Waals surface area contributed by atoms with Crippen LogP contribution in [0, 0.1) is 23.7 Å². The number of amides is 1. The first-order valence-electron chi connectivity index (χ1n) is 9.02. The van der Waals surface area contributed by atoms with Gasteiger partial charge in [0.05, 0.1) is 7.11 Å². The van der Waals surface area contributed by atoms with Gasteiger partial charge in [-0.25, -0.2) is 13.6 Å². The number of carbonyl (C=O) groups is 2. The summed E-state index contributed by atoms with van der Waals surface area (Å²) in [7, 11) is 0.964. The maximum atomic E-state index is 13.1. The van der Waals surface area contributed by atoms with E-state index in [1.807, 2.05) is 6.07 Å². The van der Waals surface area contributed by atoms with E-state index in [9.17, 15) is 23.5 Å². The summed E-state index contributed by atoms with van der Waals surface area (Å²) in [4.78, 5) is 24.1. The molecule has 31 heavy (non-hydrogen) atoms. The first kappa shape index (κ1) is 23.4. The number of esters is 1. The van der Waals surface area contributed by atoms with Crippen LogP contribution in [-0.2, 0) is 9.53 Å². The molecule has 0 spiro atoms. The number of nitrogens with one attached hydrogen (secondary N) is 1. The topological polar surface area (TPSA) is 102 Å². The highest BCUT2D eigenvalue weighted by Gasteiger charge is 2.46. The van der Waals surface area contributed by atoms with Gasteiger partial charge in [-0.05, 0) is 55.2 Å². The lowest BCUT2D eigenvalue weighted by atomic mass is 9.96. The van der Waals surface area contributed by atoms with Crippen molar-refractivity contribution in [1.29, 1.82) is 0 Å². The van der Waals surface area contributed by atoms with E-state index >= 15 is 0 Å². The lowest BCUT2D eigenvalue weighted by Crippen LogP contribution is -2.59. The standard InChI is InChI=1S/C23H20F2N2O4/c1-23(30,22(24)25)19(21(29)31-2)27-20(28)17-13-11-15(12-14-17)7-3-4-8-16-9-5-6-10-18(16)26/h5-6,9-14,19,22,30H,26H2,1-2H3,(H,27,28)/t19-,23?/m1/s1. The third-order valence-electron chi connectivity index (χ3n) is 4.31. The average Bonchev–Trinajstić information content (AvgIpc) is 2.75. The number of nitrogens with two attached hydrogens (primary N) is 1. The predicted octanol–water partition coefficient (Wildman–Crippen LogP) is 1.96. The first-order chi connectivity index (χ1) is 14.7. The summed E-state index contributed by atoms with van der Waals surface area (Å²) < 4.78 is 30.6. The van der Waals surface area contributed by atoms with Crippen molar-refractivity contribution < 1.29 is 28.2 Å². The molecule has 0 bridgehead atoms. The minimum atomic E-state index is -3.29. The van der Waals surface area contributed by atoms with Crippen molar-refractivity contribution in [2.45, 2.75) is 25.0 Å². The maximum Gasteiger partial charge on any atom is 0.331 e. The number of rotatable bonds is 5. The van der Waals surface area contributed by atoms with E-state index in [1.54, 1.807) is 18.2 Å². The summed E-state index contributed by atoms with van der Waals surface area (Å²) in [6, 6.07) is 11.0. The Morgan fingerprint density at radius 1 is 1.10 bits per heavy atom. The van der Waals surface area contributed by atoms with Gasteiger partial charge in [0.1, 0.15) is 0 Å². The molecule has 2 atom stereocenters. The number of nitrogen functional groups attached to an aromatic ring is 1. The van der Waals surface area contributed by atoms with Gasteiger partial charge in [-0.2, -0.15) is 0 Å². The summed E-state index contributed by atoms with van der Waals surface area (Å²) in [5.41, 5.74) is 4.81. The van der Waals surface area contributed by atoms with Gasteiger partial charge < -0.3 is 20.9 Å². The van der Waals surface area contributed by atoms with Gasteiger partial charge in [-0.15, -0.1) is 0 Å². The normalized spacial score (nSPS) is 13.0. The minimum absolute atomic E-state index is 0.0765. The lowest BCUT2D eigenvalue weighted by molar-refractivity contribution is -0.160. The molecule has 0 fully saturated rings. The maximum absolute atomic E-state index is 13.1. The molecule has 0 aromatic heterocycles. The van der Waals surface area contributed by atoms with Crippen molar-refractivity contribution >= 4 is 17.6 Å². The fourth-order valence-electron chi connectivity index (χ4n) is 2.42. The van der Waals surface area contributed by atoms with E-state index in [0.29, 0.717) is 16.8 Å². The zero-order chi connectivity index (χ0) is 23.0. The van der Waals surface area contributed by atoms with E-state index in [0.717, 1.165) is 14.0 Å². The lowest BCUT2D eigenvalue weighted by Gasteiger charge is -2.30. The van der Waals surface area contributed by atoms with Crippen LogP contribution in [-0.4, -0.2) is 42.2 Å². The molecule has 1 amide bonds. The zero-order valence-electron chi connectivity index (χ0n) is 16.8. The second-order valence-electron chi connectivity index (χ2n) is 6.62. The van der Waals surface area contributed by atoms with Gasteiger partial charge in [-0.1, -0.05) is 24.0 Å². The third-order valence-corrected chi connectivity index (χ3v) is 4.31. The highest BCUT2D eigenvalue weighted by molar-refractivity contribution is 5.97. The Morgan fingerprint density at radius 3 is 2.29 bits per heavy atom. The summed E-state index contributed by atoms with van der Waals surface area (Å²) in [5.74, 6) is 8.95. The van der Waals surface area contributed by atoms with E-state index in [-0.39, 0.29) is 5.56 Å². The molecule has 2 rings (SSSR count). The number of carbonyl (C=O) groups excluding carboxylic acids is 2. The molecule has 160 valence electrons. The molecule has 1 unspecified atom stereocenters. The van der Waals surface area contributed by atoms with Crippen molar-refractivity contribution in [2.75, 3.05) is 12.8 Å². The molecule has 0 aliphatic carbocycles. The van der Waals surface area contributed by atoms with Crippen LogP contribution in [0.4, 0.5) is 14.5 Å². The molecule has 0 aliphatic rings. The highest BCUT2D eigenvalue weighted by atomic mass is 19.3. The van der Waals surface area contributed by atoms with Crippen LogP contribution in [0.1, 0.15) is 28.4 Å². The zero-order valence-corrected chi connectivity index (χ0v) is 16.8. The van der Waals surface area contributed by atoms with Crippen LogP contribution in [0.15, 0.2) is 48.5 Å². The van der Waals surface area contributed by atoms with Gasteiger partial charge in [0.2, 0.25) is 0 Å². The van der Waals surface area contributed by atoms with Crippen LogP contribution in [0.5, 0.6) is 0 Å². The Bertz CT molecular complexity index is 1070. The average molecular weight is 426 g/mol. The summed E-state index contributed by atoms with van der Waals surface area (Å²) in [5, 5.41) is 12.0. The monoisotopic (exact) mass is 426 g/mol. The molecule has 2 aromatic carbocycles. The molecular weight excluding hydrogens is 406 g/mol. The van der Waals surface area contributed by atoms with Gasteiger partial charge in [-0.3, -0.25) is 4.79 Å². The third kappa shape index (κ3) is 6.05. The number of ether oxygens (including phenoxy) is 1. The summed E-state index contributed by atoms with van der Waals surface area (Å²) in [6.45, 7) is 0.738. The van der Waals surface area contributed by atoms with Crippen LogP contribution in [0.2, 0.25) is 0 Å². The van der Waals surface area contributed by atoms with Crippen LogP contribution >= 0.6 is 0 Å². The van der Waals surface area contributed by atoms with Crippen molar-refractivity contribution in [3.63, 3.8) is 0 Å². The largest absolute Gasteiger partial charge is 0.467 e. The van der Waals surface area contributed by atoms with E-state index in [4.69, 9.17) is 5.73 Å². The second kappa shape index (κ2) is 10.2. The van der Waals surface area contributed by atoms with E-state index in [2.05, 4.69) is 33.7 Å². The Labute approximate surface area is 178 Å². The van der Waals surface area contributed by atoms with Crippen molar-refractivity contribution in [1.82, 2.24) is 5.32 Å². The summed E-state index contributed by atoms with van der Waals surface area (Å²) in [6.07, 6.45) is -3.29. The number of alkyl halides is 2. The van der Waals surface area contributed by atoms with Crippen LogP contribution < -0.4 is 11.1 Å².